The first-order chi connectivity index (χ1) is 13.0. The van der Waals surface area contributed by atoms with Crippen molar-refractivity contribution in [1.82, 2.24) is 14.7 Å². The van der Waals surface area contributed by atoms with Crippen molar-refractivity contribution in [1.29, 1.82) is 0 Å². The molecule has 1 aliphatic carbocycles. The number of nitrogens with zero attached hydrogens (tertiary/aromatic N) is 4. The average Bonchev–Trinajstić information content (AvgIpc) is 3.40. The van der Waals surface area contributed by atoms with E-state index in [0.717, 1.165) is 25.4 Å². The molecule has 1 aliphatic heterocycles. The van der Waals surface area contributed by atoms with Gasteiger partial charge in [0.15, 0.2) is 5.82 Å². The Balaban J connectivity index is 1.58. The van der Waals surface area contributed by atoms with Gasteiger partial charge < -0.3 is 9.80 Å². The number of hydrogen-bond acceptors (Lipinski definition) is 3. The smallest absolute Gasteiger partial charge is 0.158 e. The molecule has 0 saturated heterocycles. The minimum atomic E-state index is 0.855. The summed E-state index contributed by atoms with van der Waals surface area (Å²) < 4.78 is 2.15. The lowest BCUT2D eigenvalue weighted by atomic mass is 9.98. The Bertz CT molecular complexity index is 808. The second-order valence-electron chi connectivity index (χ2n) is 8.69. The highest BCUT2D eigenvalue weighted by atomic mass is 15.4. The predicted molar refractivity (Wildman–Crippen MR) is 113 cm³/mol. The molecule has 1 fully saturated rings. The molecule has 1 aromatic carbocycles. The maximum Gasteiger partial charge on any atom is 0.158 e. The number of benzene rings is 1. The van der Waals surface area contributed by atoms with Crippen LogP contribution in [0.25, 0.3) is 0 Å². The standard InChI is InChI=1S/C23H34N4/c1-16-14-17(2)22(18(3)15-16)27-13-6-8-20-21(26(5)24-23(20)27)9-7-12-25(4)19-10-11-19/h14-15,19H,6-13H2,1-5H3. The van der Waals surface area contributed by atoms with Gasteiger partial charge in [0.25, 0.3) is 0 Å². The zero-order valence-electron chi connectivity index (χ0n) is 17.7. The minimum absolute atomic E-state index is 0.855. The van der Waals surface area contributed by atoms with E-state index in [1.165, 1.54) is 71.7 Å². The lowest BCUT2D eigenvalue weighted by Gasteiger charge is -2.31. The number of anilines is 2. The number of aryl methyl sites for hydroxylation is 4. The zero-order chi connectivity index (χ0) is 19.1. The first-order valence-corrected chi connectivity index (χ1v) is 10.6. The Kier molecular flexibility index (Phi) is 5.02. The highest BCUT2D eigenvalue weighted by Gasteiger charge is 2.28. The molecule has 0 unspecified atom stereocenters. The largest absolute Gasteiger partial charge is 0.324 e. The van der Waals surface area contributed by atoms with E-state index >= 15 is 0 Å². The van der Waals surface area contributed by atoms with Crippen molar-refractivity contribution in [3.8, 4) is 0 Å². The van der Waals surface area contributed by atoms with E-state index in [1.54, 1.807) is 0 Å². The monoisotopic (exact) mass is 366 g/mol. The molecule has 0 radical (unpaired) electrons. The molecule has 0 atom stereocenters. The van der Waals surface area contributed by atoms with Crippen LogP contribution in [0.5, 0.6) is 0 Å². The van der Waals surface area contributed by atoms with Crippen LogP contribution in [-0.2, 0) is 19.9 Å². The fraction of sp³-hybridized carbons (Fsp3) is 0.609. The van der Waals surface area contributed by atoms with E-state index in [9.17, 15) is 0 Å². The van der Waals surface area contributed by atoms with Crippen LogP contribution in [0.4, 0.5) is 11.5 Å². The molecule has 2 heterocycles. The van der Waals surface area contributed by atoms with Gasteiger partial charge in [-0.3, -0.25) is 4.68 Å². The topological polar surface area (TPSA) is 24.3 Å². The molecule has 1 saturated carbocycles. The summed E-state index contributed by atoms with van der Waals surface area (Å²) >= 11 is 0. The molecule has 2 aromatic rings. The molecule has 2 aliphatic rings. The molecule has 4 rings (SSSR count). The first-order valence-electron chi connectivity index (χ1n) is 10.6. The second kappa shape index (κ2) is 7.31. The van der Waals surface area contributed by atoms with Crippen LogP contribution in [0.3, 0.4) is 0 Å². The lowest BCUT2D eigenvalue weighted by Crippen LogP contribution is -2.26. The normalized spacial score (nSPS) is 16.9. The van der Waals surface area contributed by atoms with Gasteiger partial charge in [-0.15, -0.1) is 0 Å². The first kappa shape index (κ1) is 18.5. The van der Waals surface area contributed by atoms with Crippen LogP contribution in [0, 0.1) is 20.8 Å². The summed E-state index contributed by atoms with van der Waals surface area (Å²) in [5.74, 6) is 1.20. The number of aromatic nitrogens is 2. The molecular weight excluding hydrogens is 332 g/mol. The van der Waals surface area contributed by atoms with Gasteiger partial charge in [0.1, 0.15) is 0 Å². The van der Waals surface area contributed by atoms with Crippen molar-refractivity contribution in [3.05, 3.63) is 40.1 Å². The molecule has 0 N–H and O–H groups in total. The van der Waals surface area contributed by atoms with Gasteiger partial charge in [-0.2, -0.15) is 5.10 Å². The molecule has 146 valence electrons. The Morgan fingerprint density at radius 3 is 2.52 bits per heavy atom. The van der Waals surface area contributed by atoms with Crippen molar-refractivity contribution in [2.45, 2.75) is 65.3 Å². The van der Waals surface area contributed by atoms with E-state index in [0.29, 0.717) is 0 Å². The average molecular weight is 367 g/mol. The third kappa shape index (κ3) is 3.64. The summed E-state index contributed by atoms with van der Waals surface area (Å²) in [6, 6.07) is 5.45. The molecule has 4 heteroatoms. The molecule has 27 heavy (non-hydrogen) atoms. The number of hydrogen-bond donors (Lipinski definition) is 0. The highest BCUT2D eigenvalue weighted by Crippen LogP contribution is 2.38. The van der Waals surface area contributed by atoms with Crippen LogP contribution in [0.15, 0.2) is 12.1 Å². The van der Waals surface area contributed by atoms with Crippen molar-refractivity contribution in [2.24, 2.45) is 7.05 Å². The van der Waals surface area contributed by atoms with E-state index < -0.39 is 0 Å². The van der Waals surface area contributed by atoms with Crippen LogP contribution in [-0.4, -0.2) is 40.9 Å². The Hall–Kier alpha value is -1.81. The summed E-state index contributed by atoms with van der Waals surface area (Å²) in [7, 11) is 4.41. The van der Waals surface area contributed by atoms with Gasteiger partial charge in [-0.25, -0.2) is 0 Å². The van der Waals surface area contributed by atoms with Gasteiger partial charge in [0.05, 0.1) is 0 Å². The van der Waals surface area contributed by atoms with Crippen molar-refractivity contribution in [3.63, 3.8) is 0 Å². The van der Waals surface area contributed by atoms with Gasteiger partial charge in [0, 0.05) is 36.6 Å². The Morgan fingerprint density at radius 2 is 1.85 bits per heavy atom. The molecular formula is C23H34N4. The van der Waals surface area contributed by atoms with E-state index in [2.05, 4.69) is 61.5 Å². The van der Waals surface area contributed by atoms with Crippen molar-refractivity contribution in [2.75, 3.05) is 25.0 Å². The SMILES string of the molecule is Cc1cc(C)c(N2CCCc3c2nn(C)c3CCCN(C)C2CC2)c(C)c1. The third-order valence-corrected chi connectivity index (χ3v) is 6.32. The molecule has 1 aromatic heterocycles. The summed E-state index contributed by atoms with van der Waals surface area (Å²) in [5.41, 5.74) is 8.35. The molecule has 0 amide bonds. The lowest BCUT2D eigenvalue weighted by molar-refractivity contribution is 0.318. The fourth-order valence-corrected chi connectivity index (χ4v) is 4.90. The number of fused-ring (bicyclic) bond motifs is 1. The van der Waals surface area contributed by atoms with Crippen LogP contribution >= 0.6 is 0 Å². The fourth-order valence-electron chi connectivity index (χ4n) is 4.90. The second-order valence-corrected chi connectivity index (χ2v) is 8.69. The maximum absolute atomic E-state index is 4.99. The van der Waals surface area contributed by atoms with Gasteiger partial charge in [-0.05, 0) is 84.0 Å². The van der Waals surface area contributed by atoms with E-state index in [4.69, 9.17) is 5.10 Å². The molecule has 4 nitrogen and oxygen atoms in total. The van der Waals surface area contributed by atoms with Gasteiger partial charge >= 0.3 is 0 Å². The Morgan fingerprint density at radius 1 is 1.15 bits per heavy atom. The van der Waals surface area contributed by atoms with Gasteiger partial charge in [0.2, 0.25) is 0 Å². The Labute approximate surface area is 164 Å². The van der Waals surface area contributed by atoms with Crippen molar-refractivity contribution >= 4 is 11.5 Å². The van der Waals surface area contributed by atoms with Crippen LogP contribution in [0.1, 0.15) is 53.6 Å². The third-order valence-electron chi connectivity index (χ3n) is 6.32. The quantitative estimate of drug-likeness (QED) is 0.754. The maximum atomic E-state index is 4.99. The van der Waals surface area contributed by atoms with Crippen LogP contribution < -0.4 is 4.90 Å². The summed E-state index contributed by atoms with van der Waals surface area (Å²) in [6.07, 6.45) is 7.51. The zero-order valence-corrected chi connectivity index (χ0v) is 17.7. The number of rotatable bonds is 6. The van der Waals surface area contributed by atoms with E-state index in [1.807, 2.05) is 0 Å². The molecule has 0 bridgehead atoms. The predicted octanol–water partition coefficient (Wildman–Crippen LogP) is 4.46. The summed E-state index contributed by atoms with van der Waals surface area (Å²) in [4.78, 5) is 5.01. The minimum Gasteiger partial charge on any atom is -0.324 e. The summed E-state index contributed by atoms with van der Waals surface area (Å²) in [5, 5.41) is 4.99. The van der Waals surface area contributed by atoms with Crippen LogP contribution in [0.2, 0.25) is 0 Å². The molecule has 0 spiro atoms. The van der Waals surface area contributed by atoms with Crippen molar-refractivity contribution < 1.29 is 0 Å². The summed E-state index contributed by atoms with van der Waals surface area (Å²) in [6.45, 7) is 8.93. The van der Waals surface area contributed by atoms with Gasteiger partial charge in [-0.1, -0.05) is 17.7 Å². The highest BCUT2D eigenvalue weighted by molar-refractivity contribution is 5.71. The van der Waals surface area contributed by atoms with E-state index in [-0.39, 0.29) is 0 Å².